The first-order chi connectivity index (χ1) is 16.2. The van der Waals surface area contributed by atoms with Gasteiger partial charge >= 0.3 is 6.09 Å². The van der Waals surface area contributed by atoms with E-state index in [1.165, 1.54) is 6.07 Å². The first-order valence-electron chi connectivity index (χ1n) is 11.9. The second-order valence-corrected chi connectivity index (χ2v) is 9.88. The Kier molecular flexibility index (Phi) is 7.05. The number of benzene rings is 1. The summed E-state index contributed by atoms with van der Waals surface area (Å²) in [7, 11) is 0. The summed E-state index contributed by atoms with van der Waals surface area (Å²) < 4.78 is 25.9. The van der Waals surface area contributed by atoms with Gasteiger partial charge in [0.25, 0.3) is 0 Å². The maximum Gasteiger partial charge on any atom is 0.410 e. The molecule has 0 saturated carbocycles. The lowest BCUT2D eigenvalue weighted by Crippen LogP contribution is -2.50. The zero-order chi connectivity index (χ0) is 24.3. The van der Waals surface area contributed by atoms with Gasteiger partial charge in [-0.2, -0.15) is 0 Å². The molecule has 4 rings (SSSR count). The minimum atomic E-state index is -0.522. The van der Waals surface area contributed by atoms with Crippen molar-refractivity contribution in [3.63, 3.8) is 0 Å². The van der Waals surface area contributed by atoms with E-state index < -0.39 is 5.60 Å². The van der Waals surface area contributed by atoms with E-state index in [1.807, 2.05) is 45.3 Å². The van der Waals surface area contributed by atoms with Gasteiger partial charge in [0.05, 0.1) is 6.61 Å². The molecule has 3 heterocycles. The van der Waals surface area contributed by atoms with E-state index in [2.05, 4.69) is 21.8 Å². The third kappa shape index (κ3) is 5.85. The topological polar surface area (TPSA) is 67.8 Å². The van der Waals surface area contributed by atoms with E-state index in [-0.39, 0.29) is 17.7 Å². The van der Waals surface area contributed by atoms with Crippen molar-refractivity contribution in [2.24, 2.45) is 5.92 Å². The molecule has 8 heteroatoms. The number of ether oxygens (including phenoxy) is 2. The molecule has 34 heavy (non-hydrogen) atoms. The van der Waals surface area contributed by atoms with Crippen LogP contribution in [-0.4, -0.2) is 59.3 Å². The van der Waals surface area contributed by atoms with Gasteiger partial charge in [0.1, 0.15) is 5.60 Å². The first-order valence-corrected chi connectivity index (χ1v) is 11.9. The molecule has 1 aromatic heterocycles. The molecule has 2 aliphatic rings. The smallest absolute Gasteiger partial charge is 0.410 e. The van der Waals surface area contributed by atoms with Gasteiger partial charge in [0, 0.05) is 44.5 Å². The Morgan fingerprint density at radius 1 is 1.21 bits per heavy atom. The number of anilines is 1. The van der Waals surface area contributed by atoms with Crippen molar-refractivity contribution in [1.29, 1.82) is 0 Å². The minimum Gasteiger partial charge on any atom is -0.490 e. The molecule has 0 radical (unpaired) electrons. The fourth-order valence-electron chi connectivity index (χ4n) is 3.98. The number of hydrogen-bond donors (Lipinski definition) is 0. The largest absolute Gasteiger partial charge is 0.490 e. The SMILES string of the molecule is CCc1cnc(N2CC(COc3ccc(C4=CCN(C(=O)OC(C)(C)C)CC4)cc3F)C2)nc1. The van der Waals surface area contributed by atoms with Crippen LogP contribution in [0.4, 0.5) is 15.1 Å². The van der Waals surface area contributed by atoms with Crippen LogP contribution in [0, 0.1) is 11.7 Å². The summed E-state index contributed by atoms with van der Waals surface area (Å²) in [5.41, 5.74) is 2.43. The lowest BCUT2D eigenvalue weighted by molar-refractivity contribution is 0.0270. The van der Waals surface area contributed by atoms with Gasteiger partial charge in [0.2, 0.25) is 5.95 Å². The van der Waals surface area contributed by atoms with Crippen LogP contribution in [0.1, 0.15) is 45.2 Å². The number of carbonyl (C=O) groups excluding carboxylic acids is 1. The Bertz CT molecular complexity index is 1040. The molecule has 2 aromatic rings. The first kappa shape index (κ1) is 24.0. The molecule has 0 unspecified atom stereocenters. The Hall–Kier alpha value is -3.16. The summed E-state index contributed by atoms with van der Waals surface area (Å²) in [6, 6.07) is 5.08. The summed E-state index contributed by atoms with van der Waals surface area (Å²) in [5.74, 6) is 0.934. The van der Waals surface area contributed by atoms with Gasteiger partial charge < -0.3 is 19.3 Å². The number of rotatable bonds is 6. The third-order valence-corrected chi connectivity index (χ3v) is 5.98. The summed E-state index contributed by atoms with van der Waals surface area (Å²) in [4.78, 5) is 24.8. The van der Waals surface area contributed by atoms with Crippen LogP contribution in [0.3, 0.4) is 0 Å². The van der Waals surface area contributed by atoms with Crippen molar-refractivity contribution in [2.45, 2.75) is 46.1 Å². The maximum atomic E-state index is 14.7. The number of carbonyl (C=O) groups is 1. The van der Waals surface area contributed by atoms with E-state index >= 15 is 0 Å². The molecule has 1 amide bonds. The van der Waals surface area contributed by atoms with E-state index in [0.717, 1.165) is 42.2 Å². The van der Waals surface area contributed by atoms with Gasteiger partial charge in [-0.25, -0.2) is 19.2 Å². The van der Waals surface area contributed by atoms with Crippen LogP contribution in [-0.2, 0) is 11.2 Å². The molecular formula is C26H33FN4O3. The molecule has 2 aliphatic heterocycles. The highest BCUT2D eigenvalue weighted by Crippen LogP contribution is 2.28. The van der Waals surface area contributed by atoms with Gasteiger partial charge in [-0.05, 0) is 62.4 Å². The predicted octanol–water partition coefficient (Wildman–Crippen LogP) is 4.72. The fourth-order valence-corrected chi connectivity index (χ4v) is 3.98. The number of hydrogen-bond acceptors (Lipinski definition) is 6. The standard InChI is InChI=1S/C26H33FN4O3/c1-5-18-13-28-24(29-14-18)31-15-19(16-31)17-33-23-7-6-21(12-22(23)27)20-8-10-30(11-9-20)25(32)34-26(2,3)4/h6-8,12-14,19H,5,9-11,15-17H2,1-4H3. The highest BCUT2D eigenvalue weighted by Gasteiger charge is 2.29. The molecule has 7 nitrogen and oxygen atoms in total. The third-order valence-electron chi connectivity index (χ3n) is 5.98. The molecule has 0 spiro atoms. The van der Waals surface area contributed by atoms with Crippen LogP contribution >= 0.6 is 0 Å². The van der Waals surface area contributed by atoms with E-state index in [0.29, 0.717) is 32.0 Å². The fraction of sp³-hybridized carbons (Fsp3) is 0.500. The quantitative estimate of drug-likeness (QED) is 0.611. The molecule has 1 saturated heterocycles. The number of nitrogens with zero attached hydrogens (tertiary/aromatic N) is 4. The highest BCUT2D eigenvalue weighted by molar-refractivity contribution is 5.73. The van der Waals surface area contributed by atoms with Crippen molar-refractivity contribution in [2.75, 3.05) is 37.7 Å². The Morgan fingerprint density at radius 3 is 2.53 bits per heavy atom. The van der Waals surface area contributed by atoms with E-state index in [9.17, 15) is 9.18 Å². The van der Waals surface area contributed by atoms with Crippen LogP contribution in [0.15, 0.2) is 36.7 Å². The molecule has 0 N–H and O–H groups in total. The van der Waals surface area contributed by atoms with Crippen LogP contribution in [0.2, 0.25) is 0 Å². The molecule has 0 atom stereocenters. The van der Waals surface area contributed by atoms with Gasteiger partial charge in [-0.3, -0.25) is 0 Å². The van der Waals surface area contributed by atoms with Crippen LogP contribution < -0.4 is 9.64 Å². The Labute approximate surface area is 200 Å². The number of halogens is 1. The Morgan fingerprint density at radius 2 is 1.94 bits per heavy atom. The summed E-state index contributed by atoms with van der Waals surface area (Å²) in [6.45, 7) is 10.7. The summed E-state index contributed by atoms with van der Waals surface area (Å²) >= 11 is 0. The second-order valence-electron chi connectivity index (χ2n) is 9.88. The van der Waals surface area contributed by atoms with Gasteiger partial charge in [-0.1, -0.05) is 19.1 Å². The predicted molar refractivity (Wildman–Crippen MR) is 129 cm³/mol. The average Bonchev–Trinajstić information content (AvgIpc) is 2.78. The van der Waals surface area contributed by atoms with Crippen molar-refractivity contribution < 1.29 is 18.7 Å². The summed E-state index contributed by atoms with van der Waals surface area (Å²) in [5, 5.41) is 0. The molecule has 1 fully saturated rings. The van der Waals surface area contributed by atoms with Gasteiger partial charge in [-0.15, -0.1) is 0 Å². The van der Waals surface area contributed by atoms with Crippen molar-refractivity contribution in [1.82, 2.24) is 14.9 Å². The number of aromatic nitrogens is 2. The van der Waals surface area contributed by atoms with Crippen molar-refractivity contribution in [3.8, 4) is 5.75 Å². The van der Waals surface area contributed by atoms with E-state index in [4.69, 9.17) is 9.47 Å². The molecule has 0 aliphatic carbocycles. The molecule has 1 aromatic carbocycles. The Balaban J connectivity index is 1.26. The zero-order valence-electron chi connectivity index (χ0n) is 20.4. The van der Waals surface area contributed by atoms with Crippen LogP contribution in [0.25, 0.3) is 5.57 Å². The van der Waals surface area contributed by atoms with Crippen molar-refractivity contribution >= 4 is 17.6 Å². The lowest BCUT2D eigenvalue weighted by atomic mass is 9.99. The highest BCUT2D eigenvalue weighted by atomic mass is 19.1. The maximum absolute atomic E-state index is 14.7. The average molecular weight is 469 g/mol. The number of aryl methyl sites for hydroxylation is 1. The normalized spacial score (nSPS) is 16.7. The van der Waals surface area contributed by atoms with Crippen LogP contribution in [0.5, 0.6) is 5.75 Å². The van der Waals surface area contributed by atoms with E-state index in [1.54, 1.807) is 11.0 Å². The molecular weight excluding hydrogens is 435 g/mol. The lowest BCUT2D eigenvalue weighted by Gasteiger charge is -2.38. The summed E-state index contributed by atoms with van der Waals surface area (Å²) in [6.07, 6.45) is 6.93. The minimum absolute atomic E-state index is 0.262. The van der Waals surface area contributed by atoms with Gasteiger partial charge in [0.15, 0.2) is 11.6 Å². The second kappa shape index (κ2) is 9.99. The molecule has 0 bridgehead atoms. The zero-order valence-corrected chi connectivity index (χ0v) is 20.4. The number of amides is 1. The monoisotopic (exact) mass is 468 g/mol. The van der Waals surface area contributed by atoms with Crippen molar-refractivity contribution in [3.05, 3.63) is 53.6 Å². The molecule has 182 valence electrons.